The maximum Gasteiger partial charge on any atom is 0.309 e. The summed E-state index contributed by atoms with van der Waals surface area (Å²) in [5.74, 6) is -4.36. The van der Waals surface area contributed by atoms with Crippen LogP contribution in [-0.4, -0.2) is 69.8 Å². The van der Waals surface area contributed by atoms with Gasteiger partial charge in [0, 0.05) is 31.9 Å². The van der Waals surface area contributed by atoms with Gasteiger partial charge in [-0.1, -0.05) is 25.4 Å². The third-order valence-corrected chi connectivity index (χ3v) is 9.86. The average molecular weight is 565 g/mol. The Hall–Kier alpha value is -2.26. The minimum atomic E-state index is -3.27. The molecule has 0 bridgehead atoms. The molecule has 2 N–H and O–H groups in total. The van der Waals surface area contributed by atoms with Gasteiger partial charge in [0.05, 0.1) is 34.7 Å². The van der Waals surface area contributed by atoms with Crippen LogP contribution < -0.4 is 0 Å². The maximum absolute atomic E-state index is 15.0. The molecular weight excluding hydrogens is 526 g/mol. The van der Waals surface area contributed by atoms with Crippen LogP contribution >= 0.6 is 11.6 Å². The summed E-state index contributed by atoms with van der Waals surface area (Å²) in [4.78, 5) is 35.4. The van der Waals surface area contributed by atoms with E-state index < -0.39 is 29.3 Å². The van der Waals surface area contributed by atoms with Crippen LogP contribution in [0.15, 0.2) is 23.3 Å². The van der Waals surface area contributed by atoms with Gasteiger partial charge in [0.2, 0.25) is 0 Å². The predicted octanol–water partition coefficient (Wildman–Crippen LogP) is 6.05. The Kier molecular flexibility index (Phi) is 8.35. The van der Waals surface area contributed by atoms with Crippen molar-refractivity contribution in [2.45, 2.75) is 84.2 Å². The van der Waals surface area contributed by atoms with Crippen molar-refractivity contribution in [2.75, 3.05) is 13.1 Å². The number of pyridine rings is 1. The van der Waals surface area contributed by atoms with E-state index in [1.807, 2.05) is 4.90 Å². The fraction of sp³-hybridized carbons (Fsp3) is 0.690. The molecule has 1 heterocycles. The van der Waals surface area contributed by atoms with Gasteiger partial charge in [-0.15, -0.1) is 0 Å². The molecule has 7 nitrogen and oxygen atoms in total. The fourth-order valence-electron chi connectivity index (χ4n) is 6.75. The number of carboxylic acid groups (broad SMARTS) is 1. The van der Waals surface area contributed by atoms with Gasteiger partial charge < -0.3 is 10.5 Å². The number of hydrogen-bond acceptors (Lipinski definition) is 6. The number of alkyl halides is 2. The maximum atomic E-state index is 15.0. The smallest absolute Gasteiger partial charge is 0.309 e. The highest BCUT2D eigenvalue weighted by Crippen LogP contribution is 2.67. The molecule has 3 aliphatic rings. The normalized spacial score (nSPS) is 31.0. The van der Waals surface area contributed by atoms with Crippen LogP contribution in [0.3, 0.4) is 0 Å². The van der Waals surface area contributed by atoms with E-state index in [0.717, 1.165) is 26.0 Å². The van der Waals surface area contributed by atoms with E-state index in [-0.39, 0.29) is 46.8 Å². The lowest BCUT2D eigenvalue weighted by Gasteiger charge is -2.35. The zero-order chi connectivity index (χ0) is 28.8. The number of carbonyl (C=O) groups is 2. The van der Waals surface area contributed by atoms with Crippen molar-refractivity contribution in [3.8, 4) is 0 Å². The van der Waals surface area contributed by atoms with Gasteiger partial charge in [-0.05, 0) is 74.8 Å². The number of aliphatic carboxylic acids is 1. The number of carbonyl (C=O) groups excluding carboxylic acids is 1. The molecule has 0 saturated heterocycles. The number of fused-ring (bicyclic) bond motifs is 1. The van der Waals surface area contributed by atoms with Gasteiger partial charge in [-0.2, -0.15) is 0 Å². The molecule has 4 rings (SSSR count). The van der Waals surface area contributed by atoms with Gasteiger partial charge in [-0.25, -0.2) is 8.78 Å². The number of aliphatic imine (C=N–C) groups is 1. The predicted molar refractivity (Wildman–Crippen MR) is 147 cm³/mol. The standard InChI is InChI=1S/C29H39ClF2N4O3/c1-27(2)20-12-19(13-21(20)27)36(16-23(37)24-22(30)6-5-11-34-24)15-17(14-33)25(29(4,31)32)35-18-7-9-28(3,10-8-18)26(38)39/h5-6,11,14,17-21,33H,7-10,12-13,15-16H2,1-4H3,(H,38,39). The summed E-state index contributed by atoms with van der Waals surface area (Å²) in [6.45, 7) is 6.98. The molecule has 0 radical (unpaired) electrons. The van der Waals surface area contributed by atoms with Crippen molar-refractivity contribution >= 4 is 35.3 Å². The highest BCUT2D eigenvalue weighted by molar-refractivity contribution is 6.33. The summed E-state index contributed by atoms with van der Waals surface area (Å²) < 4.78 is 30.0. The van der Waals surface area contributed by atoms with Crippen molar-refractivity contribution < 1.29 is 23.5 Å². The van der Waals surface area contributed by atoms with E-state index in [4.69, 9.17) is 17.0 Å². The van der Waals surface area contributed by atoms with Crippen LogP contribution in [0.4, 0.5) is 8.78 Å². The highest BCUT2D eigenvalue weighted by atomic mass is 35.5. The Morgan fingerprint density at radius 1 is 1.28 bits per heavy atom. The first-order chi connectivity index (χ1) is 18.2. The number of carboxylic acids is 1. The van der Waals surface area contributed by atoms with Gasteiger partial charge in [-0.3, -0.25) is 24.5 Å². The summed E-state index contributed by atoms with van der Waals surface area (Å²) >= 11 is 6.23. The zero-order valence-electron chi connectivity index (χ0n) is 23.1. The number of nitrogens with one attached hydrogen (secondary N) is 1. The molecule has 0 amide bonds. The van der Waals surface area contributed by atoms with Crippen LogP contribution in [0.25, 0.3) is 0 Å². The van der Waals surface area contributed by atoms with Crippen molar-refractivity contribution in [3.63, 3.8) is 0 Å². The molecule has 1 aromatic rings. The van der Waals surface area contributed by atoms with Gasteiger partial charge in [0.1, 0.15) is 5.69 Å². The Morgan fingerprint density at radius 2 is 1.90 bits per heavy atom. The molecule has 0 aromatic carbocycles. The number of nitrogens with zero attached hydrogens (tertiary/aromatic N) is 3. The van der Waals surface area contributed by atoms with Crippen LogP contribution in [-0.2, 0) is 4.79 Å². The number of halogens is 3. The van der Waals surface area contributed by atoms with Crippen LogP contribution in [0.2, 0.25) is 5.02 Å². The average Bonchev–Trinajstić information content (AvgIpc) is 3.18. The van der Waals surface area contributed by atoms with Crippen molar-refractivity contribution in [1.82, 2.24) is 9.88 Å². The molecule has 3 fully saturated rings. The van der Waals surface area contributed by atoms with Gasteiger partial charge >= 0.3 is 5.97 Å². The van der Waals surface area contributed by atoms with Crippen molar-refractivity contribution in [2.24, 2.45) is 33.6 Å². The number of ketones is 1. The number of aromatic nitrogens is 1. The molecule has 3 aliphatic carbocycles. The van der Waals surface area contributed by atoms with E-state index in [2.05, 4.69) is 23.8 Å². The minimum absolute atomic E-state index is 0.0274. The molecule has 3 unspecified atom stereocenters. The monoisotopic (exact) mass is 564 g/mol. The fourth-order valence-corrected chi connectivity index (χ4v) is 6.98. The van der Waals surface area contributed by atoms with Crippen molar-refractivity contribution in [3.05, 3.63) is 29.0 Å². The molecule has 39 heavy (non-hydrogen) atoms. The molecule has 0 spiro atoms. The first kappa shape index (κ1) is 29.7. The van der Waals surface area contributed by atoms with Gasteiger partial charge in [0.15, 0.2) is 5.78 Å². The van der Waals surface area contributed by atoms with Crippen LogP contribution in [0.1, 0.15) is 76.7 Å². The Labute approximate surface area is 233 Å². The Bertz CT molecular complexity index is 1130. The van der Waals surface area contributed by atoms with Crippen molar-refractivity contribution in [1.29, 1.82) is 5.41 Å². The molecule has 0 aliphatic heterocycles. The summed E-state index contributed by atoms with van der Waals surface area (Å²) in [6.07, 6.45) is 5.77. The second kappa shape index (κ2) is 11.0. The SMILES string of the molecule is CC(F)(F)C(=NC1CCC(C)(C(=O)O)CC1)C(C=N)CN(CC(=O)c1ncccc1Cl)C1CC2C(C1)C2(C)C. The second-order valence-electron chi connectivity index (χ2n) is 12.6. The summed E-state index contributed by atoms with van der Waals surface area (Å²) in [5, 5.41) is 17.9. The number of rotatable bonds is 11. The quantitative estimate of drug-likeness (QED) is 0.251. The van der Waals surface area contributed by atoms with E-state index in [1.165, 1.54) is 6.20 Å². The van der Waals surface area contributed by atoms with E-state index >= 15 is 0 Å². The summed E-state index contributed by atoms with van der Waals surface area (Å²) in [6, 6.07) is 2.84. The highest BCUT2D eigenvalue weighted by Gasteiger charge is 2.62. The summed E-state index contributed by atoms with van der Waals surface area (Å²) in [5.41, 5.74) is -0.842. The Morgan fingerprint density at radius 3 is 2.41 bits per heavy atom. The van der Waals surface area contributed by atoms with Crippen LogP contribution in [0, 0.1) is 34.0 Å². The van der Waals surface area contributed by atoms with Gasteiger partial charge in [0.25, 0.3) is 5.92 Å². The third kappa shape index (κ3) is 6.24. The topological polar surface area (TPSA) is 107 Å². The first-order valence-electron chi connectivity index (χ1n) is 13.7. The minimum Gasteiger partial charge on any atom is -0.481 e. The number of hydrogen-bond donors (Lipinski definition) is 2. The molecule has 3 saturated carbocycles. The van der Waals surface area contributed by atoms with E-state index in [1.54, 1.807) is 19.1 Å². The molecule has 3 atom stereocenters. The molecule has 10 heteroatoms. The van der Waals surface area contributed by atoms with E-state index in [0.29, 0.717) is 37.5 Å². The molecule has 1 aromatic heterocycles. The lowest BCUT2D eigenvalue weighted by molar-refractivity contribution is -0.149. The molecular formula is C29H39ClF2N4O3. The zero-order valence-corrected chi connectivity index (χ0v) is 23.8. The molecule has 214 valence electrons. The first-order valence-corrected chi connectivity index (χ1v) is 14.1. The van der Waals surface area contributed by atoms with E-state index in [9.17, 15) is 23.5 Å². The second-order valence-corrected chi connectivity index (χ2v) is 13.0. The lowest BCUT2D eigenvalue weighted by Crippen LogP contribution is -2.47. The Balaban J connectivity index is 1.56. The third-order valence-electron chi connectivity index (χ3n) is 9.56. The number of Topliss-reactive ketones (excluding diaryl/α,β-unsaturated/α-hetero) is 1. The lowest BCUT2D eigenvalue weighted by atomic mass is 9.74. The largest absolute Gasteiger partial charge is 0.481 e. The summed E-state index contributed by atoms with van der Waals surface area (Å²) in [7, 11) is 0. The van der Waals surface area contributed by atoms with Crippen LogP contribution in [0.5, 0.6) is 0 Å².